The number of nitrogens with two attached hydrogens (primary N) is 1. The van der Waals surface area contributed by atoms with Gasteiger partial charge >= 0.3 is 0 Å². The van der Waals surface area contributed by atoms with Crippen LogP contribution in [0.2, 0.25) is 0 Å². The number of nitrogens with zero attached hydrogens (tertiary/aromatic N) is 3. The van der Waals surface area contributed by atoms with Crippen LogP contribution in [0, 0.1) is 5.92 Å². The van der Waals surface area contributed by atoms with Gasteiger partial charge in [-0.25, -0.2) is 9.97 Å². The molecule has 2 fully saturated rings. The van der Waals surface area contributed by atoms with Crippen LogP contribution in [0.4, 0.5) is 5.82 Å². The normalized spacial score (nSPS) is 24.0. The molecule has 3 rings (SSSR count). The summed E-state index contributed by atoms with van der Waals surface area (Å²) in [6.07, 6.45) is 7.98. The molecular weight excluding hydrogens is 254 g/mol. The molecule has 0 saturated carbocycles. The molecule has 0 aromatic carbocycles. The van der Waals surface area contributed by atoms with Crippen molar-refractivity contribution in [1.82, 2.24) is 15.3 Å². The van der Waals surface area contributed by atoms with Crippen LogP contribution in [-0.2, 0) is 0 Å². The van der Waals surface area contributed by atoms with E-state index in [9.17, 15) is 4.79 Å². The Labute approximate surface area is 118 Å². The minimum absolute atomic E-state index is 0.282. The van der Waals surface area contributed by atoms with E-state index >= 15 is 0 Å². The third-order valence-corrected chi connectivity index (χ3v) is 4.42. The number of rotatable bonds is 3. The first-order valence-corrected chi connectivity index (χ1v) is 7.35. The molecule has 6 heteroatoms. The molecule has 1 unspecified atom stereocenters. The maximum Gasteiger partial charge on any atom is 0.271 e. The van der Waals surface area contributed by atoms with E-state index in [1.807, 2.05) is 0 Å². The lowest BCUT2D eigenvalue weighted by Crippen LogP contribution is -2.42. The summed E-state index contributed by atoms with van der Waals surface area (Å²) in [5, 5.41) is 3.59. The van der Waals surface area contributed by atoms with Crippen LogP contribution in [0.15, 0.2) is 12.4 Å². The maximum atomic E-state index is 11.4. The highest BCUT2D eigenvalue weighted by Gasteiger charge is 2.29. The molecule has 3 N–H and O–H groups in total. The summed E-state index contributed by atoms with van der Waals surface area (Å²) in [6, 6.07) is 0.676. The second-order valence-electron chi connectivity index (χ2n) is 5.62. The SMILES string of the molecule is NC(=O)c1nccnc1N1CCC(C2CCCN2)CC1. The van der Waals surface area contributed by atoms with Crippen molar-refractivity contribution in [3.63, 3.8) is 0 Å². The van der Waals surface area contributed by atoms with E-state index < -0.39 is 5.91 Å². The van der Waals surface area contributed by atoms with E-state index in [1.54, 1.807) is 6.20 Å². The van der Waals surface area contributed by atoms with Gasteiger partial charge in [0.05, 0.1) is 0 Å². The van der Waals surface area contributed by atoms with Crippen molar-refractivity contribution in [2.45, 2.75) is 31.7 Å². The molecule has 1 aromatic heterocycles. The molecule has 2 saturated heterocycles. The van der Waals surface area contributed by atoms with E-state index in [2.05, 4.69) is 20.2 Å². The Morgan fingerprint density at radius 2 is 2.00 bits per heavy atom. The second kappa shape index (κ2) is 5.75. The summed E-state index contributed by atoms with van der Waals surface area (Å²) in [5.41, 5.74) is 5.65. The van der Waals surface area contributed by atoms with E-state index in [-0.39, 0.29) is 5.69 Å². The Hall–Kier alpha value is -1.69. The van der Waals surface area contributed by atoms with Gasteiger partial charge in [-0.05, 0) is 38.1 Å². The third-order valence-electron chi connectivity index (χ3n) is 4.42. The first-order valence-electron chi connectivity index (χ1n) is 7.35. The summed E-state index contributed by atoms with van der Waals surface area (Å²) in [7, 11) is 0. The van der Waals surface area contributed by atoms with Gasteiger partial charge in [0.25, 0.3) is 5.91 Å². The second-order valence-corrected chi connectivity index (χ2v) is 5.62. The van der Waals surface area contributed by atoms with Gasteiger partial charge in [-0.15, -0.1) is 0 Å². The Kier molecular flexibility index (Phi) is 3.82. The van der Waals surface area contributed by atoms with Crippen LogP contribution < -0.4 is 16.0 Å². The van der Waals surface area contributed by atoms with Gasteiger partial charge in [0.2, 0.25) is 0 Å². The average molecular weight is 275 g/mol. The van der Waals surface area contributed by atoms with Gasteiger partial charge in [-0.2, -0.15) is 0 Å². The lowest BCUT2D eigenvalue weighted by atomic mass is 9.88. The van der Waals surface area contributed by atoms with Crippen molar-refractivity contribution in [3.05, 3.63) is 18.1 Å². The van der Waals surface area contributed by atoms with Crippen LogP contribution in [0.5, 0.6) is 0 Å². The highest BCUT2D eigenvalue weighted by molar-refractivity contribution is 5.95. The fraction of sp³-hybridized carbons (Fsp3) is 0.643. The number of aromatic nitrogens is 2. The summed E-state index contributed by atoms with van der Waals surface area (Å²) < 4.78 is 0. The van der Waals surface area contributed by atoms with Gasteiger partial charge in [-0.1, -0.05) is 0 Å². The van der Waals surface area contributed by atoms with Crippen LogP contribution in [0.25, 0.3) is 0 Å². The fourth-order valence-electron chi connectivity index (χ4n) is 3.36. The standard InChI is InChI=1S/C14H21N5O/c15-13(20)12-14(18-7-6-17-12)19-8-3-10(4-9-19)11-2-1-5-16-11/h6-7,10-11,16H,1-5,8-9H2,(H2,15,20). The largest absolute Gasteiger partial charge is 0.364 e. The molecular formula is C14H21N5O. The maximum absolute atomic E-state index is 11.4. The predicted octanol–water partition coefficient (Wildman–Crippen LogP) is 0.544. The van der Waals surface area contributed by atoms with Crippen molar-refractivity contribution >= 4 is 11.7 Å². The molecule has 0 aliphatic carbocycles. The number of carbonyl (C=O) groups is 1. The van der Waals surface area contributed by atoms with Crippen LogP contribution >= 0.6 is 0 Å². The molecule has 0 radical (unpaired) electrons. The fourth-order valence-corrected chi connectivity index (χ4v) is 3.36. The predicted molar refractivity (Wildman–Crippen MR) is 76.5 cm³/mol. The Morgan fingerprint density at radius 1 is 1.25 bits per heavy atom. The Balaban J connectivity index is 1.67. The number of hydrogen-bond donors (Lipinski definition) is 2. The summed E-state index contributed by atoms with van der Waals surface area (Å²) >= 11 is 0. The number of piperidine rings is 1. The Morgan fingerprint density at radius 3 is 2.65 bits per heavy atom. The molecule has 1 aromatic rings. The molecule has 0 spiro atoms. The first-order chi connectivity index (χ1) is 9.75. The quantitative estimate of drug-likeness (QED) is 0.841. The molecule has 108 valence electrons. The molecule has 0 bridgehead atoms. The number of hydrogen-bond acceptors (Lipinski definition) is 5. The van der Waals surface area contributed by atoms with Crippen molar-refractivity contribution in [3.8, 4) is 0 Å². The topological polar surface area (TPSA) is 84.1 Å². The molecule has 20 heavy (non-hydrogen) atoms. The van der Waals surface area contributed by atoms with Gasteiger partial charge in [0.1, 0.15) is 0 Å². The third kappa shape index (κ3) is 2.60. The van der Waals surface area contributed by atoms with Crippen molar-refractivity contribution in [2.75, 3.05) is 24.5 Å². The minimum Gasteiger partial charge on any atom is -0.364 e. The van der Waals surface area contributed by atoms with Crippen LogP contribution in [0.3, 0.4) is 0 Å². The number of primary amides is 1. The van der Waals surface area contributed by atoms with E-state index in [0.29, 0.717) is 11.9 Å². The van der Waals surface area contributed by atoms with E-state index in [4.69, 9.17) is 5.73 Å². The molecule has 2 aliphatic heterocycles. The number of amides is 1. The first kappa shape index (κ1) is 13.3. The van der Waals surface area contributed by atoms with Gasteiger partial charge in [0, 0.05) is 31.5 Å². The molecule has 1 atom stereocenters. The number of nitrogens with one attached hydrogen (secondary N) is 1. The van der Waals surface area contributed by atoms with Gasteiger partial charge in [0.15, 0.2) is 11.5 Å². The summed E-state index contributed by atoms with van der Waals surface area (Å²) in [6.45, 7) is 2.99. The Bertz CT molecular complexity index is 478. The lowest BCUT2D eigenvalue weighted by molar-refractivity contribution is 0.0995. The zero-order valence-electron chi connectivity index (χ0n) is 11.6. The van der Waals surface area contributed by atoms with Gasteiger partial charge in [-0.3, -0.25) is 4.79 Å². The molecule has 1 amide bonds. The van der Waals surface area contributed by atoms with E-state index in [0.717, 1.165) is 38.4 Å². The van der Waals surface area contributed by atoms with Gasteiger partial charge < -0.3 is 16.0 Å². The van der Waals surface area contributed by atoms with Crippen molar-refractivity contribution in [1.29, 1.82) is 0 Å². The molecule has 2 aliphatic rings. The van der Waals surface area contributed by atoms with E-state index in [1.165, 1.54) is 19.0 Å². The lowest BCUT2D eigenvalue weighted by Gasteiger charge is -2.35. The molecule has 3 heterocycles. The minimum atomic E-state index is -0.507. The number of anilines is 1. The highest BCUT2D eigenvalue weighted by Crippen LogP contribution is 2.28. The number of carbonyl (C=O) groups excluding carboxylic acids is 1. The average Bonchev–Trinajstić information content (AvgIpc) is 3.02. The highest BCUT2D eigenvalue weighted by atomic mass is 16.1. The van der Waals surface area contributed by atoms with Crippen LogP contribution in [-0.4, -0.2) is 41.6 Å². The van der Waals surface area contributed by atoms with Crippen LogP contribution in [0.1, 0.15) is 36.2 Å². The smallest absolute Gasteiger partial charge is 0.271 e. The zero-order valence-corrected chi connectivity index (χ0v) is 11.6. The molecule has 6 nitrogen and oxygen atoms in total. The summed E-state index contributed by atoms with van der Waals surface area (Å²) in [4.78, 5) is 21.9. The summed E-state index contributed by atoms with van der Waals surface area (Å²) in [5.74, 6) is 0.868. The monoisotopic (exact) mass is 275 g/mol. The van der Waals surface area contributed by atoms with Crippen molar-refractivity contribution in [2.24, 2.45) is 11.7 Å². The zero-order chi connectivity index (χ0) is 13.9. The van der Waals surface area contributed by atoms with Crippen molar-refractivity contribution < 1.29 is 4.79 Å².